The Labute approximate surface area is 86.2 Å². The molecule has 1 unspecified atom stereocenters. The predicted molar refractivity (Wildman–Crippen MR) is 53.8 cm³/mol. The first-order chi connectivity index (χ1) is 6.59. The lowest BCUT2D eigenvalue weighted by molar-refractivity contribution is -0.119. The highest BCUT2D eigenvalue weighted by Crippen LogP contribution is 2.17. The number of amides is 1. The first-order valence-electron chi connectivity index (χ1n) is 4.19. The van der Waals surface area contributed by atoms with E-state index < -0.39 is 11.9 Å². The van der Waals surface area contributed by atoms with Crippen molar-refractivity contribution in [1.29, 1.82) is 0 Å². The van der Waals surface area contributed by atoms with Crippen LogP contribution in [0.3, 0.4) is 0 Å². The minimum Gasteiger partial charge on any atom is -0.440 e. The van der Waals surface area contributed by atoms with Gasteiger partial charge in [-0.1, -0.05) is 11.8 Å². The van der Waals surface area contributed by atoms with E-state index in [0.717, 1.165) is 5.69 Å². The Balaban J connectivity index is 2.25. The van der Waals surface area contributed by atoms with Crippen LogP contribution < -0.4 is 11.5 Å². The van der Waals surface area contributed by atoms with Crippen LogP contribution in [0.25, 0.3) is 0 Å². The van der Waals surface area contributed by atoms with Gasteiger partial charge in [-0.05, 0) is 13.3 Å². The van der Waals surface area contributed by atoms with Gasteiger partial charge in [-0.25, -0.2) is 4.98 Å². The molecular weight excluding hydrogens is 202 g/mol. The summed E-state index contributed by atoms with van der Waals surface area (Å²) in [4.78, 5) is 14.7. The standard InChI is InChI=1S/C8H13N3O2S/c1-5-4-13-8(11-5)14-3-2-6(9)7(10)12/h4,6H,2-3,9H2,1H3,(H2,10,12). The molecule has 1 amide bonds. The largest absolute Gasteiger partial charge is 0.440 e. The van der Waals surface area contributed by atoms with Gasteiger partial charge in [-0.2, -0.15) is 0 Å². The highest BCUT2D eigenvalue weighted by atomic mass is 32.2. The van der Waals surface area contributed by atoms with Gasteiger partial charge in [-0.15, -0.1) is 0 Å². The number of hydrogen-bond donors (Lipinski definition) is 2. The summed E-state index contributed by atoms with van der Waals surface area (Å²) in [5.41, 5.74) is 11.3. The zero-order valence-electron chi connectivity index (χ0n) is 7.90. The lowest BCUT2D eigenvalue weighted by Gasteiger charge is -2.04. The Morgan fingerprint density at radius 3 is 3.00 bits per heavy atom. The summed E-state index contributed by atoms with van der Waals surface area (Å²) in [5.74, 6) is 0.193. The van der Waals surface area contributed by atoms with E-state index in [2.05, 4.69) is 4.98 Å². The molecule has 78 valence electrons. The number of aryl methyl sites for hydroxylation is 1. The maximum absolute atomic E-state index is 10.6. The lowest BCUT2D eigenvalue weighted by Crippen LogP contribution is -2.36. The fourth-order valence-electron chi connectivity index (χ4n) is 0.814. The number of rotatable bonds is 5. The molecule has 6 heteroatoms. The average molecular weight is 215 g/mol. The van der Waals surface area contributed by atoms with Crippen LogP contribution in [0, 0.1) is 6.92 Å². The van der Waals surface area contributed by atoms with Crippen molar-refractivity contribution in [3.8, 4) is 0 Å². The first-order valence-corrected chi connectivity index (χ1v) is 5.18. The van der Waals surface area contributed by atoms with E-state index in [9.17, 15) is 4.79 Å². The van der Waals surface area contributed by atoms with Crippen molar-refractivity contribution >= 4 is 17.7 Å². The Morgan fingerprint density at radius 2 is 2.50 bits per heavy atom. The fraction of sp³-hybridized carbons (Fsp3) is 0.500. The third kappa shape index (κ3) is 3.39. The van der Waals surface area contributed by atoms with E-state index in [4.69, 9.17) is 15.9 Å². The Bertz CT molecular complexity index is 313. The van der Waals surface area contributed by atoms with Crippen molar-refractivity contribution in [2.45, 2.75) is 24.6 Å². The summed E-state index contributed by atoms with van der Waals surface area (Å²) in [6.45, 7) is 1.85. The van der Waals surface area contributed by atoms with E-state index in [1.807, 2.05) is 6.92 Å². The van der Waals surface area contributed by atoms with Crippen LogP contribution in [-0.2, 0) is 4.79 Å². The van der Waals surface area contributed by atoms with Crippen LogP contribution in [0.5, 0.6) is 0 Å². The first kappa shape index (κ1) is 11.1. The molecule has 1 heterocycles. The Morgan fingerprint density at radius 1 is 1.79 bits per heavy atom. The number of nitrogens with two attached hydrogens (primary N) is 2. The number of aromatic nitrogens is 1. The molecule has 0 bridgehead atoms. The molecular formula is C8H13N3O2S. The SMILES string of the molecule is Cc1coc(SCCC(N)C(N)=O)n1. The number of hydrogen-bond acceptors (Lipinski definition) is 5. The third-order valence-electron chi connectivity index (χ3n) is 1.62. The number of oxazole rings is 1. The van der Waals surface area contributed by atoms with Gasteiger partial charge >= 0.3 is 0 Å². The summed E-state index contributed by atoms with van der Waals surface area (Å²) in [6.07, 6.45) is 2.11. The normalized spacial score (nSPS) is 12.7. The van der Waals surface area contributed by atoms with E-state index in [1.54, 1.807) is 6.26 Å². The van der Waals surface area contributed by atoms with Crippen LogP contribution >= 0.6 is 11.8 Å². The molecule has 1 aromatic heterocycles. The van der Waals surface area contributed by atoms with Crippen LogP contribution in [0.15, 0.2) is 15.9 Å². The molecule has 0 saturated carbocycles. The maximum Gasteiger partial charge on any atom is 0.255 e. The molecule has 4 N–H and O–H groups in total. The monoisotopic (exact) mass is 215 g/mol. The van der Waals surface area contributed by atoms with Gasteiger partial charge in [0.1, 0.15) is 6.26 Å². The molecule has 0 aliphatic rings. The van der Waals surface area contributed by atoms with Gasteiger partial charge in [-0.3, -0.25) is 4.79 Å². The van der Waals surface area contributed by atoms with Gasteiger partial charge < -0.3 is 15.9 Å². The number of thioether (sulfide) groups is 1. The number of carbonyl (C=O) groups is 1. The smallest absolute Gasteiger partial charge is 0.255 e. The van der Waals surface area contributed by atoms with Crippen LogP contribution in [-0.4, -0.2) is 22.7 Å². The lowest BCUT2D eigenvalue weighted by atomic mass is 10.2. The quantitative estimate of drug-likeness (QED) is 0.688. The van der Waals surface area contributed by atoms with Gasteiger partial charge in [0.25, 0.3) is 5.22 Å². The average Bonchev–Trinajstić information content (AvgIpc) is 2.51. The van der Waals surface area contributed by atoms with Crippen molar-refractivity contribution in [3.63, 3.8) is 0 Å². The molecule has 0 radical (unpaired) electrons. The molecule has 1 rings (SSSR count). The van der Waals surface area contributed by atoms with Crippen molar-refractivity contribution in [3.05, 3.63) is 12.0 Å². The Hall–Kier alpha value is -1.01. The summed E-state index contributed by atoms with van der Waals surface area (Å²) in [5, 5.41) is 0.596. The second-order valence-electron chi connectivity index (χ2n) is 2.90. The summed E-state index contributed by atoms with van der Waals surface area (Å²) in [6, 6.07) is -0.585. The molecule has 0 saturated heterocycles. The molecule has 0 aliphatic heterocycles. The molecule has 5 nitrogen and oxygen atoms in total. The molecule has 0 spiro atoms. The van der Waals surface area contributed by atoms with Crippen LogP contribution in [0.2, 0.25) is 0 Å². The minimum atomic E-state index is -0.585. The van der Waals surface area contributed by atoms with Gasteiger partial charge in [0.2, 0.25) is 5.91 Å². The summed E-state index contributed by atoms with van der Waals surface area (Å²) >= 11 is 1.42. The van der Waals surface area contributed by atoms with E-state index in [0.29, 0.717) is 17.4 Å². The maximum atomic E-state index is 10.6. The molecule has 0 aromatic carbocycles. The highest BCUT2D eigenvalue weighted by molar-refractivity contribution is 7.99. The molecule has 1 aromatic rings. The number of primary amides is 1. The van der Waals surface area contributed by atoms with Crippen molar-refractivity contribution < 1.29 is 9.21 Å². The zero-order valence-corrected chi connectivity index (χ0v) is 8.71. The van der Waals surface area contributed by atoms with Crippen molar-refractivity contribution in [2.75, 3.05) is 5.75 Å². The molecule has 14 heavy (non-hydrogen) atoms. The second-order valence-corrected chi connectivity index (χ2v) is 3.95. The van der Waals surface area contributed by atoms with E-state index in [1.165, 1.54) is 11.8 Å². The van der Waals surface area contributed by atoms with E-state index in [-0.39, 0.29) is 0 Å². The highest BCUT2D eigenvalue weighted by Gasteiger charge is 2.09. The molecule has 1 atom stereocenters. The topological polar surface area (TPSA) is 95.1 Å². The van der Waals surface area contributed by atoms with Crippen LogP contribution in [0.4, 0.5) is 0 Å². The van der Waals surface area contributed by atoms with Crippen molar-refractivity contribution in [1.82, 2.24) is 4.98 Å². The predicted octanol–water partition coefficient (Wildman–Crippen LogP) is 0.278. The second kappa shape index (κ2) is 5.02. The third-order valence-corrected chi connectivity index (χ3v) is 2.49. The van der Waals surface area contributed by atoms with Gasteiger partial charge in [0, 0.05) is 5.75 Å². The van der Waals surface area contributed by atoms with Crippen LogP contribution in [0.1, 0.15) is 12.1 Å². The summed E-state index contributed by atoms with van der Waals surface area (Å²) < 4.78 is 5.10. The fourth-order valence-corrected chi connectivity index (χ4v) is 1.69. The number of carbonyl (C=O) groups excluding carboxylic acids is 1. The zero-order chi connectivity index (χ0) is 10.6. The molecule has 0 fully saturated rings. The molecule has 0 aliphatic carbocycles. The van der Waals surface area contributed by atoms with Gasteiger partial charge in [0.05, 0.1) is 11.7 Å². The van der Waals surface area contributed by atoms with Gasteiger partial charge in [0.15, 0.2) is 0 Å². The summed E-state index contributed by atoms with van der Waals surface area (Å²) in [7, 11) is 0. The van der Waals surface area contributed by atoms with E-state index >= 15 is 0 Å². The van der Waals surface area contributed by atoms with Crippen molar-refractivity contribution in [2.24, 2.45) is 11.5 Å². The minimum absolute atomic E-state index is 0.478. The number of nitrogens with zero attached hydrogens (tertiary/aromatic N) is 1. The Kier molecular flexibility index (Phi) is 3.97.